The lowest BCUT2D eigenvalue weighted by atomic mass is 10.0. The molecule has 31 heavy (non-hydrogen) atoms. The van der Waals surface area contributed by atoms with Crippen LogP contribution in [0, 0.1) is 0 Å². The van der Waals surface area contributed by atoms with Crippen LogP contribution in [-0.2, 0) is 26.4 Å². The SMILES string of the molecule is CCc1nn(C)c(CC)c1CNC(=NC)NCC(c1ccccc1OC)N1CCCC1. The van der Waals surface area contributed by atoms with E-state index in [0.717, 1.165) is 56.4 Å². The third-order valence-corrected chi connectivity index (χ3v) is 6.23. The number of ether oxygens (including phenoxy) is 1. The zero-order valence-corrected chi connectivity index (χ0v) is 19.7. The summed E-state index contributed by atoms with van der Waals surface area (Å²) in [6.45, 7) is 8.07. The quantitative estimate of drug-likeness (QED) is 0.477. The molecule has 1 unspecified atom stereocenters. The van der Waals surface area contributed by atoms with Gasteiger partial charge in [-0.25, -0.2) is 0 Å². The first-order valence-corrected chi connectivity index (χ1v) is 11.5. The molecule has 0 amide bonds. The van der Waals surface area contributed by atoms with Crippen molar-refractivity contribution in [3.63, 3.8) is 0 Å². The van der Waals surface area contributed by atoms with Crippen molar-refractivity contribution >= 4 is 5.96 Å². The molecule has 3 rings (SSSR count). The van der Waals surface area contributed by atoms with Gasteiger partial charge in [0.15, 0.2) is 5.96 Å². The van der Waals surface area contributed by atoms with Gasteiger partial charge in [-0.2, -0.15) is 5.10 Å². The predicted octanol–water partition coefficient (Wildman–Crippen LogP) is 3.06. The Morgan fingerprint density at radius 1 is 1.16 bits per heavy atom. The minimum Gasteiger partial charge on any atom is -0.496 e. The van der Waals surface area contributed by atoms with Gasteiger partial charge in [-0.15, -0.1) is 0 Å². The van der Waals surface area contributed by atoms with Crippen molar-refractivity contribution in [2.75, 3.05) is 33.8 Å². The van der Waals surface area contributed by atoms with E-state index in [2.05, 4.69) is 51.6 Å². The van der Waals surface area contributed by atoms with Gasteiger partial charge in [0.25, 0.3) is 0 Å². The molecule has 1 atom stereocenters. The van der Waals surface area contributed by atoms with Crippen LogP contribution in [0.3, 0.4) is 0 Å². The fourth-order valence-electron chi connectivity index (χ4n) is 4.61. The highest BCUT2D eigenvalue weighted by atomic mass is 16.5. The maximum atomic E-state index is 5.67. The van der Waals surface area contributed by atoms with Crippen LogP contribution in [0.1, 0.15) is 55.2 Å². The molecule has 1 aliphatic heterocycles. The number of hydrogen-bond donors (Lipinski definition) is 2. The smallest absolute Gasteiger partial charge is 0.191 e. The minimum absolute atomic E-state index is 0.244. The molecule has 1 aromatic carbocycles. The van der Waals surface area contributed by atoms with Crippen molar-refractivity contribution in [3.8, 4) is 5.75 Å². The number of aryl methyl sites for hydroxylation is 2. The molecular weight excluding hydrogens is 388 g/mol. The molecule has 0 saturated carbocycles. The van der Waals surface area contributed by atoms with Gasteiger partial charge in [-0.1, -0.05) is 32.0 Å². The Balaban J connectivity index is 1.70. The first kappa shape index (κ1) is 23.1. The maximum absolute atomic E-state index is 5.67. The molecule has 0 bridgehead atoms. The summed E-state index contributed by atoms with van der Waals surface area (Å²) in [5, 5.41) is 11.8. The third kappa shape index (κ3) is 5.39. The molecule has 7 nitrogen and oxygen atoms in total. The second-order valence-corrected chi connectivity index (χ2v) is 8.01. The minimum atomic E-state index is 0.244. The number of methoxy groups -OCH3 is 1. The van der Waals surface area contributed by atoms with Gasteiger partial charge in [0.1, 0.15) is 5.75 Å². The molecular formula is C24H38N6O. The summed E-state index contributed by atoms with van der Waals surface area (Å²) in [5.74, 6) is 1.76. The summed E-state index contributed by atoms with van der Waals surface area (Å²) in [5.41, 5.74) is 4.95. The van der Waals surface area contributed by atoms with Crippen LogP contribution in [0.15, 0.2) is 29.3 Å². The molecule has 0 aliphatic carbocycles. The third-order valence-electron chi connectivity index (χ3n) is 6.23. The molecule has 2 N–H and O–H groups in total. The molecule has 1 aliphatic rings. The molecule has 7 heteroatoms. The molecule has 2 heterocycles. The van der Waals surface area contributed by atoms with Crippen molar-refractivity contribution in [1.29, 1.82) is 0 Å². The first-order chi connectivity index (χ1) is 15.1. The Bertz CT molecular complexity index is 869. The summed E-state index contributed by atoms with van der Waals surface area (Å²) in [6, 6.07) is 8.59. The van der Waals surface area contributed by atoms with Gasteiger partial charge in [0.2, 0.25) is 0 Å². The van der Waals surface area contributed by atoms with E-state index in [4.69, 9.17) is 4.74 Å². The maximum Gasteiger partial charge on any atom is 0.191 e. The summed E-state index contributed by atoms with van der Waals surface area (Å²) in [4.78, 5) is 7.02. The van der Waals surface area contributed by atoms with E-state index in [1.807, 2.05) is 30.9 Å². The average Bonchev–Trinajstić information content (AvgIpc) is 3.43. The van der Waals surface area contributed by atoms with E-state index < -0.39 is 0 Å². The molecule has 170 valence electrons. The van der Waals surface area contributed by atoms with Crippen LogP contribution in [0.5, 0.6) is 5.75 Å². The number of nitrogens with zero attached hydrogens (tertiary/aromatic N) is 4. The number of nitrogens with one attached hydrogen (secondary N) is 2. The van der Waals surface area contributed by atoms with Crippen LogP contribution in [-0.4, -0.2) is 54.4 Å². The fourth-order valence-corrected chi connectivity index (χ4v) is 4.61. The lowest BCUT2D eigenvalue weighted by molar-refractivity contribution is 0.239. The molecule has 2 aromatic rings. The number of benzene rings is 1. The Morgan fingerprint density at radius 2 is 1.90 bits per heavy atom. The highest BCUT2D eigenvalue weighted by Gasteiger charge is 2.26. The van der Waals surface area contributed by atoms with Gasteiger partial charge in [-0.3, -0.25) is 14.6 Å². The molecule has 0 radical (unpaired) electrons. The monoisotopic (exact) mass is 426 g/mol. The zero-order valence-electron chi connectivity index (χ0n) is 19.7. The first-order valence-electron chi connectivity index (χ1n) is 11.5. The van der Waals surface area contributed by atoms with Crippen LogP contribution >= 0.6 is 0 Å². The number of likely N-dealkylation sites (tertiary alicyclic amines) is 1. The molecule has 1 fully saturated rings. The summed E-state index contributed by atoms with van der Waals surface area (Å²) >= 11 is 0. The molecule has 0 spiro atoms. The Morgan fingerprint density at radius 3 is 2.55 bits per heavy atom. The van der Waals surface area contributed by atoms with Crippen LogP contribution in [0.4, 0.5) is 0 Å². The fraction of sp³-hybridized carbons (Fsp3) is 0.583. The Kier molecular flexibility index (Phi) is 8.35. The van der Waals surface area contributed by atoms with Crippen LogP contribution in [0.25, 0.3) is 0 Å². The average molecular weight is 427 g/mol. The van der Waals surface area contributed by atoms with E-state index in [1.165, 1.54) is 29.7 Å². The van der Waals surface area contributed by atoms with Crippen molar-refractivity contribution in [2.24, 2.45) is 12.0 Å². The van der Waals surface area contributed by atoms with Crippen LogP contribution < -0.4 is 15.4 Å². The highest BCUT2D eigenvalue weighted by Crippen LogP contribution is 2.31. The van der Waals surface area contributed by atoms with Gasteiger partial charge in [-0.05, 0) is 44.8 Å². The van der Waals surface area contributed by atoms with E-state index in [0.29, 0.717) is 0 Å². The highest BCUT2D eigenvalue weighted by molar-refractivity contribution is 5.79. The van der Waals surface area contributed by atoms with Crippen LogP contribution in [0.2, 0.25) is 0 Å². The standard InChI is InChI=1S/C24H38N6O/c1-6-20-19(21(7-2)29(4)28-20)16-26-24(25-3)27-17-22(30-14-10-11-15-30)18-12-8-9-13-23(18)31-5/h8-9,12-13,22H,6-7,10-11,14-17H2,1-5H3,(H2,25,26,27). The van der Waals surface area contributed by atoms with E-state index >= 15 is 0 Å². The van der Waals surface area contributed by atoms with Crippen molar-refractivity contribution in [1.82, 2.24) is 25.3 Å². The number of guanidine groups is 1. The predicted molar refractivity (Wildman–Crippen MR) is 127 cm³/mol. The largest absolute Gasteiger partial charge is 0.496 e. The number of para-hydroxylation sites is 1. The van der Waals surface area contributed by atoms with Gasteiger partial charge in [0.05, 0.1) is 18.8 Å². The topological polar surface area (TPSA) is 66.7 Å². The Labute approximate surface area is 186 Å². The second kappa shape index (κ2) is 11.2. The van der Waals surface area contributed by atoms with Gasteiger partial charge in [0, 0.05) is 44.0 Å². The molecule has 1 aromatic heterocycles. The van der Waals surface area contributed by atoms with Crippen molar-refractivity contribution in [3.05, 3.63) is 46.8 Å². The van der Waals surface area contributed by atoms with Crippen molar-refractivity contribution in [2.45, 2.75) is 52.1 Å². The zero-order chi connectivity index (χ0) is 22.2. The van der Waals surface area contributed by atoms with Gasteiger partial charge < -0.3 is 15.4 Å². The lowest BCUT2D eigenvalue weighted by Crippen LogP contribution is -2.42. The van der Waals surface area contributed by atoms with Gasteiger partial charge >= 0.3 is 0 Å². The summed E-state index contributed by atoms with van der Waals surface area (Å²) in [7, 11) is 5.61. The van der Waals surface area contributed by atoms with E-state index in [1.54, 1.807) is 7.11 Å². The number of aliphatic imine (C=N–C) groups is 1. The normalized spacial score (nSPS) is 15.8. The summed E-state index contributed by atoms with van der Waals surface area (Å²) < 4.78 is 7.68. The van der Waals surface area contributed by atoms with E-state index in [-0.39, 0.29) is 6.04 Å². The summed E-state index contributed by atoms with van der Waals surface area (Å²) in [6.07, 6.45) is 4.40. The van der Waals surface area contributed by atoms with E-state index in [9.17, 15) is 0 Å². The second-order valence-electron chi connectivity index (χ2n) is 8.01. The number of hydrogen-bond acceptors (Lipinski definition) is 4. The molecule has 1 saturated heterocycles. The number of rotatable bonds is 9. The lowest BCUT2D eigenvalue weighted by Gasteiger charge is -2.30. The van der Waals surface area contributed by atoms with Crippen molar-refractivity contribution < 1.29 is 4.74 Å². The Hall–Kier alpha value is -2.54. The number of aromatic nitrogens is 2.